The van der Waals surface area contributed by atoms with E-state index in [1.54, 1.807) is 6.07 Å². The second kappa shape index (κ2) is 6.98. The molecule has 1 aromatic carbocycles. The van der Waals surface area contributed by atoms with E-state index >= 15 is 0 Å². The fourth-order valence-corrected chi connectivity index (χ4v) is 2.47. The first-order valence-electron chi connectivity index (χ1n) is 7.43. The smallest absolute Gasteiger partial charge is 0.253 e. The van der Waals surface area contributed by atoms with E-state index in [4.69, 9.17) is 11.6 Å². The van der Waals surface area contributed by atoms with E-state index in [1.807, 2.05) is 12.1 Å². The average molecular weight is 295 g/mol. The number of hydrogen-bond acceptors (Lipinski definition) is 2. The summed E-state index contributed by atoms with van der Waals surface area (Å²) in [5.41, 5.74) is 1.49. The van der Waals surface area contributed by atoms with Gasteiger partial charge in [-0.3, -0.25) is 4.79 Å². The van der Waals surface area contributed by atoms with Gasteiger partial charge in [0, 0.05) is 23.8 Å². The summed E-state index contributed by atoms with van der Waals surface area (Å²) < 4.78 is 0. The van der Waals surface area contributed by atoms with Crippen molar-refractivity contribution < 1.29 is 4.79 Å². The van der Waals surface area contributed by atoms with Crippen LogP contribution in [-0.4, -0.2) is 19.0 Å². The van der Waals surface area contributed by atoms with Gasteiger partial charge in [0.25, 0.3) is 5.91 Å². The molecule has 3 nitrogen and oxygen atoms in total. The van der Waals surface area contributed by atoms with Crippen molar-refractivity contribution in [2.45, 2.75) is 33.1 Å². The van der Waals surface area contributed by atoms with Crippen molar-refractivity contribution in [1.82, 2.24) is 5.32 Å². The van der Waals surface area contributed by atoms with E-state index in [2.05, 4.69) is 24.5 Å². The Balaban J connectivity index is 2.00. The summed E-state index contributed by atoms with van der Waals surface area (Å²) in [5.74, 6) is 1.32. The SMILES string of the molecule is CCCNc1ccc(Cl)cc1C(=O)NCC(C)C1CC1. The number of amides is 1. The van der Waals surface area contributed by atoms with Crippen LogP contribution in [0.4, 0.5) is 5.69 Å². The predicted octanol–water partition coefficient (Wildman–Crippen LogP) is 3.94. The Bertz CT molecular complexity index is 472. The lowest BCUT2D eigenvalue weighted by Gasteiger charge is -2.14. The standard InChI is InChI=1S/C16H23ClN2O/c1-3-8-18-15-7-6-13(17)9-14(15)16(20)19-10-11(2)12-4-5-12/h6-7,9,11-12,18H,3-5,8,10H2,1-2H3,(H,19,20). The van der Waals surface area contributed by atoms with Gasteiger partial charge in [-0.1, -0.05) is 25.4 Å². The minimum Gasteiger partial charge on any atom is -0.384 e. The normalized spacial score (nSPS) is 15.8. The minimum atomic E-state index is -0.0430. The lowest BCUT2D eigenvalue weighted by atomic mass is 10.1. The quantitative estimate of drug-likeness (QED) is 0.800. The summed E-state index contributed by atoms with van der Waals surface area (Å²) in [7, 11) is 0. The van der Waals surface area contributed by atoms with Gasteiger partial charge < -0.3 is 10.6 Å². The summed E-state index contributed by atoms with van der Waals surface area (Å²) in [4.78, 5) is 12.3. The largest absolute Gasteiger partial charge is 0.384 e. The molecule has 110 valence electrons. The van der Waals surface area contributed by atoms with E-state index in [0.717, 1.165) is 31.1 Å². The molecular formula is C16H23ClN2O. The molecule has 0 spiro atoms. The Hall–Kier alpha value is -1.22. The molecule has 0 radical (unpaired) electrons. The molecule has 0 aromatic heterocycles. The molecule has 2 rings (SSSR count). The van der Waals surface area contributed by atoms with Gasteiger partial charge >= 0.3 is 0 Å². The molecule has 0 heterocycles. The third-order valence-electron chi connectivity index (χ3n) is 3.80. The fourth-order valence-electron chi connectivity index (χ4n) is 2.30. The second-order valence-electron chi connectivity index (χ2n) is 5.64. The van der Waals surface area contributed by atoms with Crippen LogP contribution in [0, 0.1) is 11.8 Å². The lowest BCUT2D eigenvalue weighted by molar-refractivity contribution is 0.0947. The summed E-state index contributed by atoms with van der Waals surface area (Å²) in [6, 6.07) is 5.41. The van der Waals surface area contributed by atoms with Crippen LogP contribution in [-0.2, 0) is 0 Å². The third kappa shape index (κ3) is 4.14. The van der Waals surface area contributed by atoms with Crippen molar-refractivity contribution in [3.8, 4) is 0 Å². The van der Waals surface area contributed by atoms with E-state index < -0.39 is 0 Å². The van der Waals surface area contributed by atoms with Gasteiger partial charge in [0.2, 0.25) is 0 Å². The molecule has 1 amide bonds. The van der Waals surface area contributed by atoms with Gasteiger partial charge in [0.05, 0.1) is 5.56 Å². The first kappa shape index (κ1) is 15.2. The second-order valence-corrected chi connectivity index (χ2v) is 6.08. The molecule has 2 N–H and O–H groups in total. The van der Waals surface area contributed by atoms with Crippen LogP contribution in [0.25, 0.3) is 0 Å². The number of anilines is 1. The highest BCUT2D eigenvalue weighted by molar-refractivity contribution is 6.31. The Morgan fingerprint density at radius 1 is 1.45 bits per heavy atom. The molecule has 20 heavy (non-hydrogen) atoms. The predicted molar refractivity (Wildman–Crippen MR) is 84.5 cm³/mol. The molecule has 1 aliphatic carbocycles. The number of hydrogen-bond donors (Lipinski definition) is 2. The Morgan fingerprint density at radius 3 is 2.85 bits per heavy atom. The van der Waals surface area contributed by atoms with Crippen molar-refractivity contribution >= 4 is 23.2 Å². The summed E-state index contributed by atoms with van der Waals surface area (Å²) in [5, 5.41) is 6.89. The van der Waals surface area contributed by atoms with E-state index in [1.165, 1.54) is 12.8 Å². The molecular weight excluding hydrogens is 272 g/mol. The first-order valence-corrected chi connectivity index (χ1v) is 7.81. The highest BCUT2D eigenvalue weighted by Crippen LogP contribution is 2.36. The third-order valence-corrected chi connectivity index (χ3v) is 4.04. The molecule has 1 aromatic rings. The highest BCUT2D eigenvalue weighted by Gasteiger charge is 2.28. The number of carbonyl (C=O) groups is 1. The number of carbonyl (C=O) groups excluding carboxylic acids is 1. The van der Waals surface area contributed by atoms with Crippen LogP contribution < -0.4 is 10.6 Å². The summed E-state index contributed by atoms with van der Waals surface area (Å²) in [6.07, 6.45) is 3.62. The molecule has 1 fully saturated rings. The molecule has 0 saturated heterocycles. The highest BCUT2D eigenvalue weighted by atomic mass is 35.5. The van der Waals surface area contributed by atoms with Gasteiger partial charge in [0.15, 0.2) is 0 Å². The topological polar surface area (TPSA) is 41.1 Å². The maximum atomic E-state index is 12.3. The van der Waals surface area contributed by atoms with Gasteiger partial charge in [-0.25, -0.2) is 0 Å². The van der Waals surface area contributed by atoms with E-state index in [-0.39, 0.29) is 5.91 Å². The van der Waals surface area contributed by atoms with Crippen LogP contribution in [0.15, 0.2) is 18.2 Å². The van der Waals surface area contributed by atoms with Gasteiger partial charge in [-0.05, 0) is 49.3 Å². The van der Waals surface area contributed by atoms with Crippen molar-refractivity contribution in [3.63, 3.8) is 0 Å². The van der Waals surface area contributed by atoms with E-state index in [9.17, 15) is 4.79 Å². The Kier molecular flexibility index (Phi) is 5.30. The maximum absolute atomic E-state index is 12.3. The number of halogens is 1. The molecule has 1 saturated carbocycles. The molecule has 1 atom stereocenters. The first-order chi connectivity index (χ1) is 9.61. The summed E-state index contributed by atoms with van der Waals surface area (Å²) >= 11 is 6.01. The lowest BCUT2D eigenvalue weighted by Crippen LogP contribution is -2.29. The van der Waals surface area contributed by atoms with Crippen molar-refractivity contribution in [2.75, 3.05) is 18.4 Å². The number of benzene rings is 1. The number of rotatable bonds is 7. The van der Waals surface area contributed by atoms with E-state index in [0.29, 0.717) is 16.5 Å². The van der Waals surface area contributed by atoms with Crippen LogP contribution in [0.2, 0.25) is 5.02 Å². The maximum Gasteiger partial charge on any atom is 0.253 e. The molecule has 1 aliphatic rings. The van der Waals surface area contributed by atoms with Crippen molar-refractivity contribution in [1.29, 1.82) is 0 Å². The van der Waals surface area contributed by atoms with Crippen molar-refractivity contribution in [3.05, 3.63) is 28.8 Å². The summed E-state index contributed by atoms with van der Waals surface area (Å²) in [6.45, 7) is 5.88. The molecule has 4 heteroatoms. The van der Waals surface area contributed by atoms with Gasteiger partial charge in [-0.2, -0.15) is 0 Å². The zero-order chi connectivity index (χ0) is 14.5. The van der Waals surface area contributed by atoms with Gasteiger partial charge in [0.1, 0.15) is 0 Å². The average Bonchev–Trinajstić information content (AvgIpc) is 3.27. The van der Waals surface area contributed by atoms with Crippen molar-refractivity contribution in [2.24, 2.45) is 11.8 Å². The monoisotopic (exact) mass is 294 g/mol. The number of nitrogens with one attached hydrogen (secondary N) is 2. The molecule has 0 aliphatic heterocycles. The van der Waals surface area contributed by atoms with Gasteiger partial charge in [-0.15, -0.1) is 0 Å². The fraction of sp³-hybridized carbons (Fsp3) is 0.562. The minimum absolute atomic E-state index is 0.0430. The molecule has 0 bridgehead atoms. The molecule has 1 unspecified atom stereocenters. The van der Waals surface area contributed by atoms with Crippen LogP contribution in [0.3, 0.4) is 0 Å². The zero-order valence-corrected chi connectivity index (χ0v) is 13.0. The van der Waals surface area contributed by atoms with Crippen LogP contribution in [0.5, 0.6) is 0 Å². The van der Waals surface area contributed by atoms with Crippen LogP contribution in [0.1, 0.15) is 43.5 Å². The van der Waals surface area contributed by atoms with Crippen LogP contribution >= 0.6 is 11.6 Å². The Labute approximate surface area is 126 Å². The zero-order valence-electron chi connectivity index (χ0n) is 12.2. The Morgan fingerprint density at radius 2 is 2.20 bits per heavy atom.